The Hall–Kier alpha value is -0.130. The van der Waals surface area contributed by atoms with Crippen LogP contribution in [0.25, 0.3) is 0 Å². The fraction of sp³-hybridized carbons (Fsp3) is 1.00. The van der Waals surface area contributed by atoms with Gasteiger partial charge in [-0.05, 0) is 51.1 Å². The van der Waals surface area contributed by atoms with Crippen LogP contribution in [-0.2, 0) is 10.0 Å². The van der Waals surface area contributed by atoms with Crippen LogP contribution >= 0.6 is 0 Å². The van der Waals surface area contributed by atoms with Crippen LogP contribution in [0.2, 0.25) is 0 Å². The van der Waals surface area contributed by atoms with Crippen molar-refractivity contribution in [1.82, 2.24) is 9.62 Å². The minimum atomic E-state index is -3.11. The fourth-order valence-electron chi connectivity index (χ4n) is 3.38. The summed E-state index contributed by atoms with van der Waals surface area (Å²) in [6.45, 7) is 6.74. The quantitative estimate of drug-likeness (QED) is 0.819. The molecule has 2 fully saturated rings. The highest BCUT2D eigenvalue weighted by Crippen LogP contribution is 2.29. The van der Waals surface area contributed by atoms with Gasteiger partial charge in [0.1, 0.15) is 0 Å². The van der Waals surface area contributed by atoms with Gasteiger partial charge < -0.3 is 5.32 Å². The highest BCUT2D eigenvalue weighted by molar-refractivity contribution is 7.89. The maximum atomic E-state index is 13.0. The lowest BCUT2D eigenvalue weighted by molar-refractivity contribution is 0.297. The van der Waals surface area contributed by atoms with Crippen LogP contribution in [-0.4, -0.2) is 43.6 Å². The lowest BCUT2D eigenvalue weighted by atomic mass is 10.1. The molecule has 2 aliphatic rings. The summed E-state index contributed by atoms with van der Waals surface area (Å²) in [6, 6.07) is 0.272. The predicted octanol–water partition coefficient (Wildman–Crippen LogP) is 2.36. The molecular formula is C15H30N2O2S. The van der Waals surface area contributed by atoms with Crippen molar-refractivity contribution in [3.8, 4) is 0 Å². The van der Waals surface area contributed by atoms with Gasteiger partial charge in [0.15, 0.2) is 0 Å². The Morgan fingerprint density at radius 1 is 1.10 bits per heavy atom. The molecule has 1 aliphatic heterocycles. The molecule has 1 aliphatic carbocycles. The van der Waals surface area contributed by atoms with E-state index in [0.29, 0.717) is 12.5 Å². The van der Waals surface area contributed by atoms with Crippen molar-refractivity contribution in [2.75, 3.05) is 19.6 Å². The Bertz CT molecular complexity index is 383. The van der Waals surface area contributed by atoms with Gasteiger partial charge in [-0.3, -0.25) is 0 Å². The predicted molar refractivity (Wildman–Crippen MR) is 83.2 cm³/mol. The Morgan fingerprint density at radius 3 is 2.25 bits per heavy atom. The maximum Gasteiger partial charge on any atom is 0.217 e. The monoisotopic (exact) mass is 302 g/mol. The average Bonchev–Trinajstić information content (AvgIpc) is 2.93. The minimum absolute atomic E-state index is 0.156. The Balaban J connectivity index is 2.10. The summed E-state index contributed by atoms with van der Waals surface area (Å²) in [4.78, 5) is 0. The zero-order valence-corrected chi connectivity index (χ0v) is 13.8. The number of hydrogen-bond acceptors (Lipinski definition) is 3. The van der Waals surface area contributed by atoms with Gasteiger partial charge >= 0.3 is 0 Å². The third-order valence-corrected chi connectivity index (χ3v) is 7.14. The number of sulfonamides is 1. The van der Waals surface area contributed by atoms with E-state index in [9.17, 15) is 8.42 Å². The van der Waals surface area contributed by atoms with Gasteiger partial charge in [0.05, 0.1) is 5.25 Å². The molecule has 1 N–H and O–H groups in total. The Kier molecular flexibility index (Phi) is 5.87. The third kappa shape index (κ3) is 3.95. The van der Waals surface area contributed by atoms with Gasteiger partial charge in [0, 0.05) is 12.6 Å². The molecule has 118 valence electrons. The molecule has 1 saturated carbocycles. The minimum Gasteiger partial charge on any atom is -0.317 e. The van der Waals surface area contributed by atoms with Crippen molar-refractivity contribution in [3.05, 3.63) is 0 Å². The lowest BCUT2D eigenvalue weighted by Crippen LogP contribution is -2.48. The van der Waals surface area contributed by atoms with E-state index in [-0.39, 0.29) is 11.3 Å². The summed E-state index contributed by atoms with van der Waals surface area (Å²) in [7, 11) is -3.11. The summed E-state index contributed by atoms with van der Waals surface area (Å²) < 4.78 is 27.9. The summed E-state index contributed by atoms with van der Waals surface area (Å²) in [5.41, 5.74) is 0. The largest absolute Gasteiger partial charge is 0.317 e. The molecule has 1 saturated heterocycles. The SMILES string of the molecule is CC(C)CCN(C1CCCC1)S(=O)(=O)C1CCNCC1. The van der Waals surface area contributed by atoms with Crippen LogP contribution in [0.15, 0.2) is 0 Å². The van der Waals surface area contributed by atoms with E-state index in [1.165, 1.54) is 12.8 Å². The molecule has 4 nitrogen and oxygen atoms in total. The molecule has 5 heteroatoms. The summed E-state index contributed by atoms with van der Waals surface area (Å²) in [5, 5.41) is 3.11. The zero-order valence-electron chi connectivity index (χ0n) is 13.0. The van der Waals surface area contributed by atoms with Gasteiger partial charge in [-0.2, -0.15) is 4.31 Å². The molecule has 0 radical (unpaired) electrons. The first-order valence-corrected chi connectivity index (χ1v) is 9.73. The van der Waals surface area contributed by atoms with Crippen LogP contribution in [0.3, 0.4) is 0 Å². The smallest absolute Gasteiger partial charge is 0.217 e. The number of hydrogen-bond donors (Lipinski definition) is 1. The molecule has 2 rings (SSSR count). The van der Waals surface area contributed by atoms with E-state index in [1.807, 2.05) is 4.31 Å². The van der Waals surface area contributed by atoms with Gasteiger partial charge in [0.2, 0.25) is 10.0 Å². The standard InChI is InChI=1S/C15H30N2O2S/c1-13(2)9-12-17(14-5-3-4-6-14)20(18,19)15-7-10-16-11-8-15/h13-16H,3-12H2,1-2H3. The number of nitrogens with zero attached hydrogens (tertiary/aromatic N) is 1. The van der Waals surface area contributed by atoms with E-state index in [1.54, 1.807) is 0 Å². The first kappa shape index (κ1) is 16.2. The Labute approximate surface area is 124 Å². The van der Waals surface area contributed by atoms with Crippen LogP contribution in [0.5, 0.6) is 0 Å². The van der Waals surface area contributed by atoms with Crippen molar-refractivity contribution in [2.24, 2.45) is 5.92 Å². The molecule has 20 heavy (non-hydrogen) atoms. The molecular weight excluding hydrogens is 272 g/mol. The fourth-order valence-corrected chi connectivity index (χ4v) is 5.58. The van der Waals surface area contributed by atoms with Crippen molar-refractivity contribution < 1.29 is 8.42 Å². The molecule has 0 spiro atoms. The van der Waals surface area contributed by atoms with Crippen LogP contribution in [0.1, 0.15) is 58.8 Å². The molecule has 0 aromatic heterocycles. The molecule has 0 aromatic rings. The van der Waals surface area contributed by atoms with E-state index in [0.717, 1.165) is 45.2 Å². The average molecular weight is 302 g/mol. The zero-order chi connectivity index (χ0) is 14.6. The van der Waals surface area contributed by atoms with Crippen LogP contribution < -0.4 is 5.32 Å². The van der Waals surface area contributed by atoms with Crippen LogP contribution in [0, 0.1) is 5.92 Å². The van der Waals surface area contributed by atoms with E-state index >= 15 is 0 Å². The number of rotatable bonds is 6. The molecule has 1 heterocycles. The topological polar surface area (TPSA) is 49.4 Å². The van der Waals surface area contributed by atoms with Gasteiger partial charge in [-0.1, -0.05) is 26.7 Å². The molecule has 0 aromatic carbocycles. The molecule has 0 unspecified atom stereocenters. The normalized spacial score (nSPS) is 23.0. The van der Waals surface area contributed by atoms with Crippen LogP contribution in [0.4, 0.5) is 0 Å². The summed E-state index contributed by atoms with van der Waals surface area (Å²) in [5.74, 6) is 0.558. The molecule has 0 bridgehead atoms. The lowest BCUT2D eigenvalue weighted by Gasteiger charge is -2.34. The maximum absolute atomic E-state index is 13.0. The summed E-state index contributed by atoms with van der Waals surface area (Å²) in [6.07, 6.45) is 7.00. The second kappa shape index (κ2) is 7.23. The highest BCUT2D eigenvalue weighted by atomic mass is 32.2. The third-order valence-electron chi connectivity index (χ3n) is 4.69. The molecule has 0 amide bonds. The van der Waals surface area contributed by atoms with E-state index in [4.69, 9.17) is 0 Å². The van der Waals surface area contributed by atoms with E-state index in [2.05, 4.69) is 19.2 Å². The van der Waals surface area contributed by atoms with E-state index < -0.39 is 10.0 Å². The van der Waals surface area contributed by atoms with Gasteiger partial charge in [-0.15, -0.1) is 0 Å². The highest BCUT2D eigenvalue weighted by Gasteiger charge is 2.37. The van der Waals surface area contributed by atoms with Crippen molar-refractivity contribution in [2.45, 2.75) is 70.1 Å². The van der Waals surface area contributed by atoms with Crippen molar-refractivity contribution in [3.63, 3.8) is 0 Å². The van der Waals surface area contributed by atoms with Crippen molar-refractivity contribution in [1.29, 1.82) is 0 Å². The first-order chi connectivity index (χ1) is 9.51. The van der Waals surface area contributed by atoms with Gasteiger partial charge in [-0.25, -0.2) is 8.42 Å². The second-order valence-corrected chi connectivity index (χ2v) is 8.89. The first-order valence-electron chi connectivity index (χ1n) is 8.23. The van der Waals surface area contributed by atoms with Crippen molar-refractivity contribution >= 4 is 10.0 Å². The number of piperidine rings is 1. The second-order valence-electron chi connectivity index (χ2n) is 6.73. The Morgan fingerprint density at radius 2 is 1.70 bits per heavy atom. The molecule has 0 atom stereocenters. The number of nitrogens with one attached hydrogen (secondary N) is 1. The van der Waals surface area contributed by atoms with Gasteiger partial charge in [0.25, 0.3) is 0 Å². The summed E-state index contributed by atoms with van der Waals surface area (Å²) >= 11 is 0.